The van der Waals surface area contributed by atoms with Crippen molar-refractivity contribution in [2.24, 2.45) is 16.6 Å². The molecule has 0 aromatic carbocycles. The lowest BCUT2D eigenvalue weighted by atomic mass is 9.95. The van der Waals surface area contributed by atoms with Crippen LogP contribution in [0.15, 0.2) is 0 Å². The van der Waals surface area contributed by atoms with Crippen molar-refractivity contribution in [2.75, 3.05) is 39.6 Å². The first-order chi connectivity index (χ1) is 6.29. The van der Waals surface area contributed by atoms with E-state index in [4.69, 9.17) is 15.2 Å². The number of hydrogen-bond donors (Lipinski definition) is 2. The van der Waals surface area contributed by atoms with Crippen LogP contribution in [0.1, 0.15) is 6.42 Å². The van der Waals surface area contributed by atoms with Crippen molar-refractivity contribution in [3.8, 4) is 0 Å². The van der Waals surface area contributed by atoms with Crippen LogP contribution in [-0.2, 0) is 9.47 Å². The third-order valence-corrected chi connectivity index (χ3v) is 3.50. The van der Waals surface area contributed by atoms with Gasteiger partial charge in [0.2, 0.25) is 0 Å². The standard InChI is InChI=1S/C9H17NO3/c10-4-8(5-11)3-9(8)6-12-1-2-13-7-9/h11H,1-7,10H2. The first-order valence-electron chi connectivity index (χ1n) is 4.75. The van der Waals surface area contributed by atoms with Crippen molar-refractivity contribution >= 4 is 0 Å². The topological polar surface area (TPSA) is 64.7 Å². The molecule has 0 amide bonds. The lowest BCUT2D eigenvalue weighted by Crippen LogP contribution is -2.31. The first-order valence-corrected chi connectivity index (χ1v) is 4.75. The van der Waals surface area contributed by atoms with E-state index in [1.807, 2.05) is 0 Å². The molecule has 1 aliphatic heterocycles. The Labute approximate surface area is 78.0 Å². The molecular weight excluding hydrogens is 170 g/mol. The Hall–Kier alpha value is -0.160. The molecule has 1 heterocycles. The second-order valence-electron chi connectivity index (χ2n) is 4.20. The van der Waals surface area contributed by atoms with Crippen LogP contribution in [0, 0.1) is 10.8 Å². The summed E-state index contributed by atoms with van der Waals surface area (Å²) in [6.07, 6.45) is 0.938. The molecule has 1 saturated carbocycles. The quantitative estimate of drug-likeness (QED) is 0.603. The van der Waals surface area contributed by atoms with Gasteiger partial charge in [-0.05, 0) is 6.42 Å². The van der Waals surface area contributed by atoms with Crippen molar-refractivity contribution in [3.63, 3.8) is 0 Å². The van der Waals surface area contributed by atoms with E-state index < -0.39 is 0 Å². The van der Waals surface area contributed by atoms with E-state index in [0.29, 0.717) is 33.0 Å². The monoisotopic (exact) mass is 187 g/mol. The highest BCUT2D eigenvalue weighted by Gasteiger charge is 2.66. The minimum atomic E-state index is -0.128. The predicted molar refractivity (Wildman–Crippen MR) is 47.3 cm³/mol. The fourth-order valence-electron chi connectivity index (χ4n) is 2.28. The van der Waals surface area contributed by atoms with Gasteiger partial charge < -0.3 is 20.3 Å². The molecule has 1 saturated heterocycles. The molecule has 0 aromatic rings. The van der Waals surface area contributed by atoms with Crippen molar-refractivity contribution in [1.82, 2.24) is 0 Å². The summed E-state index contributed by atoms with van der Waals surface area (Å²) in [7, 11) is 0. The summed E-state index contributed by atoms with van der Waals surface area (Å²) >= 11 is 0. The number of aliphatic hydroxyl groups is 1. The van der Waals surface area contributed by atoms with E-state index in [1.54, 1.807) is 0 Å². The lowest BCUT2D eigenvalue weighted by molar-refractivity contribution is 0.0715. The number of rotatable bonds is 2. The van der Waals surface area contributed by atoms with E-state index in [1.165, 1.54) is 0 Å². The van der Waals surface area contributed by atoms with Crippen LogP contribution in [0.4, 0.5) is 0 Å². The zero-order valence-corrected chi connectivity index (χ0v) is 7.79. The van der Waals surface area contributed by atoms with Gasteiger partial charge in [-0.15, -0.1) is 0 Å². The Bertz CT molecular complexity index is 178. The predicted octanol–water partition coefficient (Wildman–Crippen LogP) is -0.639. The van der Waals surface area contributed by atoms with Gasteiger partial charge in [-0.1, -0.05) is 0 Å². The second kappa shape index (κ2) is 3.20. The van der Waals surface area contributed by atoms with Gasteiger partial charge in [0.25, 0.3) is 0 Å². The van der Waals surface area contributed by atoms with Crippen LogP contribution in [0.5, 0.6) is 0 Å². The van der Waals surface area contributed by atoms with Gasteiger partial charge in [-0.2, -0.15) is 0 Å². The van der Waals surface area contributed by atoms with Gasteiger partial charge >= 0.3 is 0 Å². The van der Waals surface area contributed by atoms with Gasteiger partial charge in [0.1, 0.15) is 0 Å². The molecule has 0 radical (unpaired) electrons. The molecule has 2 aliphatic rings. The van der Waals surface area contributed by atoms with E-state index in [2.05, 4.69) is 0 Å². The number of ether oxygens (including phenoxy) is 2. The third kappa shape index (κ3) is 1.29. The smallest absolute Gasteiger partial charge is 0.0700 e. The number of nitrogens with two attached hydrogens (primary N) is 1. The fourth-order valence-corrected chi connectivity index (χ4v) is 2.28. The van der Waals surface area contributed by atoms with Crippen LogP contribution >= 0.6 is 0 Å². The minimum absolute atomic E-state index is 0.00694. The molecule has 1 atom stereocenters. The molecule has 3 N–H and O–H groups in total. The normalized spacial score (nSPS) is 37.4. The highest BCUT2D eigenvalue weighted by atomic mass is 16.5. The highest BCUT2D eigenvalue weighted by molar-refractivity contribution is 5.15. The van der Waals surface area contributed by atoms with Gasteiger partial charge in [0, 0.05) is 17.4 Å². The summed E-state index contributed by atoms with van der Waals surface area (Å²) in [6.45, 7) is 3.36. The molecular formula is C9H17NO3. The maximum Gasteiger partial charge on any atom is 0.0700 e. The lowest BCUT2D eigenvalue weighted by Gasteiger charge is -2.20. The van der Waals surface area contributed by atoms with Crippen LogP contribution in [0.3, 0.4) is 0 Å². The summed E-state index contributed by atoms with van der Waals surface area (Å²) in [5, 5.41) is 9.27. The van der Waals surface area contributed by atoms with Crippen LogP contribution in [-0.4, -0.2) is 44.7 Å². The Balaban J connectivity index is 2.05. The average molecular weight is 187 g/mol. The van der Waals surface area contributed by atoms with E-state index in [0.717, 1.165) is 6.42 Å². The molecule has 2 fully saturated rings. The van der Waals surface area contributed by atoms with Crippen molar-refractivity contribution in [3.05, 3.63) is 0 Å². The zero-order chi connectivity index (χ0) is 9.36. The summed E-state index contributed by atoms with van der Waals surface area (Å²) in [4.78, 5) is 0. The molecule has 1 unspecified atom stereocenters. The fraction of sp³-hybridized carbons (Fsp3) is 1.00. The molecule has 76 valence electrons. The maximum absolute atomic E-state index is 9.27. The summed E-state index contributed by atoms with van der Waals surface area (Å²) in [5.41, 5.74) is 5.54. The minimum Gasteiger partial charge on any atom is -0.396 e. The number of aliphatic hydroxyl groups excluding tert-OH is 1. The molecule has 2 rings (SSSR count). The molecule has 4 heteroatoms. The summed E-state index contributed by atoms with van der Waals surface area (Å²) < 4.78 is 10.9. The summed E-state index contributed by atoms with van der Waals surface area (Å²) in [6, 6.07) is 0. The first kappa shape index (κ1) is 9.40. The van der Waals surface area contributed by atoms with E-state index >= 15 is 0 Å². The van der Waals surface area contributed by atoms with Gasteiger partial charge in [0.15, 0.2) is 0 Å². The van der Waals surface area contributed by atoms with Crippen LogP contribution in [0.25, 0.3) is 0 Å². The SMILES string of the molecule is NCC1(CO)CC12COCCOC2. The van der Waals surface area contributed by atoms with E-state index in [-0.39, 0.29) is 17.4 Å². The molecule has 13 heavy (non-hydrogen) atoms. The largest absolute Gasteiger partial charge is 0.396 e. The van der Waals surface area contributed by atoms with Gasteiger partial charge in [-0.3, -0.25) is 0 Å². The molecule has 1 aliphatic carbocycles. The molecule has 0 aromatic heterocycles. The Morgan fingerprint density at radius 2 is 1.85 bits per heavy atom. The Morgan fingerprint density at radius 1 is 1.23 bits per heavy atom. The Morgan fingerprint density at radius 3 is 2.23 bits per heavy atom. The van der Waals surface area contributed by atoms with Crippen molar-refractivity contribution in [1.29, 1.82) is 0 Å². The van der Waals surface area contributed by atoms with Gasteiger partial charge in [0.05, 0.1) is 33.0 Å². The highest BCUT2D eigenvalue weighted by Crippen LogP contribution is 2.63. The molecule has 1 spiro atoms. The van der Waals surface area contributed by atoms with E-state index in [9.17, 15) is 5.11 Å². The third-order valence-electron chi connectivity index (χ3n) is 3.50. The molecule has 0 bridgehead atoms. The number of hydrogen-bond acceptors (Lipinski definition) is 4. The zero-order valence-electron chi connectivity index (χ0n) is 7.79. The van der Waals surface area contributed by atoms with Crippen LogP contribution < -0.4 is 5.73 Å². The molecule has 4 nitrogen and oxygen atoms in total. The average Bonchev–Trinajstić information content (AvgIpc) is 2.87. The van der Waals surface area contributed by atoms with Crippen LogP contribution in [0.2, 0.25) is 0 Å². The second-order valence-corrected chi connectivity index (χ2v) is 4.20. The maximum atomic E-state index is 9.27. The Kier molecular flexibility index (Phi) is 2.32. The van der Waals surface area contributed by atoms with Gasteiger partial charge in [-0.25, -0.2) is 0 Å². The van der Waals surface area contributed by atoms with Crippen molar-refractivity contribution in [2.45, 2.75) is 6.42 Å². The van der Waals surface area contributed by atoms with Crippen molar-refractivity contribution < 1.29 is 14.6 Å². The summed E-state index contributed by atoms with van der Waals surface area (Å²) in [5.74, 6) is 0.